The van der Waals surface area contributed by atoms with Gasteiger partial charge in [-0.15, -0.1) is 0 Å². The molecule has 9 nitrogen and oxygen atoms in total. The molecule has 0 fully saturated rings. The third-order valence-electron chi connectivity index (χ3n) is 5.89. The zero-order chi connectivity index (χ0) is 24.7. The van der Waals surface area contributed by atoms with Gasteiger partial charge >= 0.3 is 10.1 Å². The van der Waals surface area contributed by atoms with Crippen LogP contribution in [0.15, 0.2) is 77.7 Å². The number of hydrogen-bond donors (Lipinski definition) is 2. The highest BCUT2D eigenvalue weighted by Gasteiger charge is 2.25. The van der Waals surface area contributed by atoms with Crippen molar-refractivity contribution in [1.82, 2.24) is 0 Å². The van der Waals surface area contributed by atoms with E-state index in [2.05, 4.69) is 10.6 Å². The van der Waals surface area contributed by atoms with Crippen molar-refractivity contribution in [2.24, 2.45) is 0 Å². The Balaban J connectivity index is 1.44. The van der Waals surface area contributed by atoms with Gasteiger partial charge in [0, 0.05) is 28.4 Å². The molecule has 178 valence electrons. The summed E-state index contributed by atoms with van der Waals surface area (Å²) in [4.78, 5) is 10.3. The summed E-state index contributed by atoms with van der Waals surface area (Å²) >= 11 is 0. The minimum atomic E-state index is -4.34. The SMILES string of the molecule is COc1cc(C2Nc3cccc4cccc(c34)N2)ccc1OS(=O)(=O)c1ccc(C)c([N+](=O)[O-])c1. The first-order valence-corrected chi connectivity index (χ1v) is 12.1. The topological polar surface area (TPSA) is 120 Å². The molecule has 35 heavy (non-hydrogen) atoms. The summed E-state index contributed by atoms with van der Waals surface area (Å²) < 4.78 is 36.4. The quantitative estimate of drug-likeness (QED) is 0.210. The molecule has 0 saturated carbocycles. The minimum absolute atomic E-state index is 0.0298. The number of nitrogens with zero attached hydrogens (tertiary/aromatic N) is 1. The standard InChI is InChI=1S/C25H21N3O6S/c1-15-9-11-18(14-21(15)28(29)30)35(31,32)34-22-12-10-17(13-23(22)33-2)25-26-19-7-3-5-16-6-4-8-20(27-25)24(16)19/h3-14,25-27H,1-2H3. The summed E-state index contributed by atoms with van der Waals surface area (Å²) in [5.74, 6) is 0.172. The Hall–Kier alpha value is -4.31. The Morgan fingerprint density at radius 3 is 2.23 bits per heavy atom. The molecule has 1 aliphatic heterocycles. The fraction of sp³-hybridized carbons (Fsp3) is 0.120. The summed E-state index contributed by atoms with van der Waals surface area (Å²) in [6.45, 7) is 1.53. The van der Waals surface area contributed by atoms with Crippen LogP contribution in [0.4, 0.5) is 17.1 Å². The predicted molar refractivity (Wildman–Crippen MR) is 133 cm³/mol. The fourth-order valence-electron chi connectivity index (χ4n) is 4.14. The third-order valence-corrected chi connectivity index (χ3v) is 7.12. The van der Waals surface area contributed by atoms with Crippen LogP contribution in [0.2, 0.25) is 0 Å². The number of nitrogens with one attached hydrogen (secondary N) is 2. The number of ether oxygens (including phenoxy) is 1. The first kappa shape index (κ1) is 22.5. The van der Waals surface area contributed by atoms with E-state index < -0.39 is 15.0 Å². The number of hydrogen-bond acceptors (Lipinski definition) is 8. The Morgan fingerprint density at radius 1 is 0.914 bits per heavy atom. The number of anilines is 2. The maximum Gasteiger partial charge on any atom is 0.339 e. The molecule has 4 aromatic rings. The van der Waals surface area contributed by atoms with Crippen LogP contribution in [-0.4, -0.2) is 20.5 Å². The molecule has 0 aromatic heterocycles. The highest BCUT2D eigenvalue weighted by Crippen LogP contribution is 2.40. The molecule has 10 heteroatoms. The number of aryl methyl sites for hydroxylation is 1. The van der Waals surface area contributed by atoms with Crippen molar-refractivity contribution in [1.29, 1.82) is 0 Å². The molecular weight excluding hydrogens is 470 g/mol. The molecule has 1 heterocycles. The molecule has 0 radical (unpaired) electrons. The van der Waals surface area contributed by atoms with Crippen molar-refractivity contribution in [2.75, 3.05) is 17.7 Å². The van der Waals surface area contributed by atoms with E-state index >= 15 is 0 Å². The number of nitro groups is 1. The second-order valence-electron chi connectivity index (χ2n) is 8.08. The van der Waals surface area contributed by atoms with Crippen LogP contribution in [-0.2, 0) is 10.1 Å². The van der Waals surface area contributed by atoms with Gasteiger partial charge in [-0.25, -0.2) is 0 Å². The van der Waals surface area contributed by atoms with E-state index in [0.29, 0.717) is 5.56 Å². The lowest BCUT2D eigenvalue weighted by Gasteiger charge is -2.30. The van der Waals surface area contributed by atoms with Gasteiger partial charge in [0.2, 0.25) is 0 Å². The minimum Gasteiger partial charge on any atom is -0.493 e. The van der Waals surface area contributed by atoms with Gasteiger partial charge in [-0.1, -0.05) is 36.4 Å². The summed E-state index contributed by atoms with van der Waals surface area (Å²) in [5.41, 5.74) is 2.79. The molecule has 2 N–H and O–H groups in total. The highest BCUT2D eigenvalue weighted by molar-refractivity contribution is 7.87. The molecule has 5 rings (SSSR count). The van der Waals surface area contributed by atoms with Crippen molar-refractivity contribution in [3.63, 3.8) is 0 Å². The average Bonchev–Trinajstić information content (AvgIpc) is 2.84. The molecule has 0 saturated heterocycles. The molecular formula is C25H21N3O6S. The number of benzene rings is 4. The lowest BCUT2D eigenvalue weighted by Crippen LogP contribution is -2.23. The van der Waals surface area contributed by atoms with Gasteiger partial charge < -0.3 is 19.6 Å². The average molecular weight is 492 g/mol. The summed E-state index contributed by atoms with van der Waals surface area (Å²) in [6.07, 6.45) is -0.296. The van der Waals surface area contributed by atoms with E-state index in [0.717, 1.165) is 33.8 Å². The third kappa shape index (κ3) is 4.08. The van der Waals surface area contributed by atoms with Crippen LogP contribution in [0.3, 0.4) is 0 Å². The van der Waals surface area contributed by atoms with E-state index in [9.17, 15) is 18.5 Å². The maximum absolute atomic E-state index is 12.9. The molecule has 1 aliphatic rings. The lowest BCUT2D eigenvalue weighted by molar-refractivity contribution is -0.385. The predicted octanol–water partition coefficient (Wildman–Crippen LogP) is 5.37. The van der Waals surface area contributed by atoms with Gasteiger partial charge in [-0.05, 0) is 48.2 Å². The number of nitro benzene ring substituents is 1. The van der Waals surface area contributed by atoms with Crippen molar-refractivity contribution in [3.05, 3.63) is 94.0 Å². The number of methoxy groups -OCH3 is 1. The van der Waals surface area contributed by atoms with E-state index in [1.807, 2.05) is 36.4 Å². The fourth-order valence-corrected chi connectivity index (χ4v) is 5.10. The van der Waals surface area contributed by atoms with Crippen LogP contribution in [0.1, 0.15) is 17.3 Å². The molecule has 0 atom stereocenters. The Kier molecular flexibility index (Phi) is 5.45. The highest BCUT2D eigenvalue weighted by atomic mass is 32.2. The van der Waals surface area contributed by atoms with Gasteiger partial charge in [0.1, 0.15) is 11.1 Å². The summed E-state index contributed by atoms with van der Waals surface area (Å²) in [7, 11) is -2.93. The largest absolute Gasteiger partial charge is 0.493 e. The van der Waals surface area contributed by atoms with Crippen molar-refractivity contribution in [3.8, 4) is 11.5 Å². The Labute approximate surface area is 201 Å². The monoisotopic (exact) mass is 491 g/mol. The van der Waals surface area contributed by atoms with Crippen LogP contribution in [0.5, 0.6) is 11.5 Å². The van der Waals surface area contributed by atoms with Gasteiger partial charge in [-0.2, -0.15) is 8.42 Å². The van der Waals surface area contributed by atoms with Crippen molar-refractivity contribution < 1.29 is 22.3 Å². The molecule has 0 aliphatic carbocycles. The second-order valence-corrected chi connectivity index (χ2v) is 9.63. The Bertz CT molecular complexity index is 1550. The van der Waals surface area contributed by atoms with Gasteiger partial charge in [0.25, 0.3) is 5.69 Å². The summed E-state index contributed by atoms with van der Waals surface area (Å²) in [6, 6.07) is 20.6. The van der Waals surface area contributed by atoms with Crippen LogP contribution in [0, 0.1) is 17.0 Å². The van der Waals surface area contributed by atoms with E-state index in [1.54, 1.807) is 12.1 Å². The molecule has 4 aromatic carbocycles. The zero-order valence-electron chi connectivity index (χ0n) is 18.8. The van der Waals surface area contributed by atoms with Gasteiger partial charge in [0.05, 0.1) is 12.0 Å². The number of rotatable bonds is 6. The maximum atomic E-state index is 12.9. The lowest BCUT2D eigenvalue weighted by atomic mass is 10.0. The first-order chi connectivity index (χ1) is 16.8. The Morgan fingerprint density at radius 2 is 1.60 bits per heavy atom. The first-order valence-electron chi connectivity index (χ1n) is 10.7. The van der Waals surface area contributed by atoms with E-state index in [1.165, 1.54) is 32.2 Å². The molecule has 0 spiro atoms. The van der Waals surface area contributed by atoms with Crippen molar-refractivity contribution in [2.45, 2.75) is 18.0 Å². The smallest absolute Gasteiger partial charge is 0.339 e. The van der Waals surface area contributed by atoms with E-state index in [-0.39, 0.29) is 28.2 Å². The zero-order valence-corrected chi connectivity index (χ0v) is 19.6. The van der Waals surface area contributed by atoms with Crippen LogP contribution in [0.25, 0.3) is 10.8 Å². The van der Waals surface area contributed by atoms with Gasteiger partial charge in [-0.3, -0.25) is 10.1 Å². The van der Waals surface area contributed by atoms with E-state index in [4.69, 9.17) is 8.92 Å². The molecule has 0 unspecified atom stereocenters. The van der Waals surface area contributed by atoms with Crippen LogP contribution >= 0.6 is 0 Å². The molecule has 0 amide bonds. The summed E-state index contributed by atoms with van der Waals surface area (Å²) in [5, 5.41) is 20.3. The van der Waals surface area contributed by atoms with Crippen LogP contribution < -0.4 is 19.6 Å². The van der Waals surface area contributed by atoms with Gasteiger partial charge in [0.15, 0.2) is 11.5 Å². The molecule has 0 bridgehead atoms. The normalized spacial score (nSPS) is 13.1. The van der Waals surface area contributed by atoms with Crippen molar-refractivity contribution >= 4 is 38.0 Å². The second kappa shape index (κ2) is 8.48.